The van der Waals surface area contributed by atoms with E-state index in [2.05, 4.69) is 15.2 Å². The molecule has 0 radical (unpaired) electrons. The van der Waals surface area contributed by atoms with Crippen LogP contribution in [0.2, 0.25) is 0 Å². The molecule has 3 heterocycles. The van der Waals surface area contributed by atoms with Crippen LogP contribution >= 0.6 is 0 Å². The third-order valence-corrected chi connectivity index (χ3v) is 4.41. The number of fused-ring (bicyclic) bond motifs is 2. The first kappa shape index (κ1) is 11.2. The summed E-state index contributed by atoms with van der Waals surface area (Å²) >= 11 is 0. The smallest absolute Gasteiger partial charge is 0.148 e. The number of rotatable bonds is 1. The minimum atomic E-state index is 0.601. The summed E-state index contributed by atoms with van der Waals surface area (Å²) in [6.07, 6.45) is 4.54. The number of piperidine rings is 1. The number of hydrogen-bond acceptors (Lipinski definition) is 4. The van der Waals surface area contributed by atoms with Gasteiger partial charge < -0.3 is 10.2 Å². The highest BCUT2D eigenvalue weighted by atomic mass is 15.3. The zero-order chi connectivity index (χ0) is 12.7. The highest BCUT2D eigenvalue weighted by Gasteiger charge is 2.35. The first-order chi connectivity index (χ1) is 9.42. The number of para-hydroxylation sites is 2. The molecule has 0 aliphatic carbocycles. The van der Waals surface area contributed by atoms with Crippen molar-refractivity contribution in [3.8, 4) is 0 Å². The predicted octanol–water partition coefficient (Wildman–Crippen LogP) is 1.82. The molecule has 1 N–H and O–H groups in total. The molecule has 0 spiro atoms. The molecule has 1 aromatic carbocycles. The van der Waals surface area contributed by atoms with E-state index in [1.54, 1.807) is 0 Å². The van der Waals surface area contributed by atoms with E-state index in [-0.39, 0.29) is 0 Å². The second-order valence-corrected chi connectivity index (χ2v) is 5.54. The van der Waals surface area contributed by atoms with Gasteiger partial charge in [-0.05, 0) is 30.9 Å². The predicted molar refractivity (Wildman–Crippen MR) is 76.3 cm³/mol. The summed E-state index contributed by atoms with van der Waals surface area (Å²) in [6, 6.07) is 8.69. The molecular formula is C15H18N4. The van der Waals surface area contributed by atoms with Crippen molar-refractivity contribution in [2.75, 3.05) is 24.5 Å². The van der Waals surface area contributed by atoms with E-state index in [9.17, 15) is 0 Å². The Labute approximate surface area is 112 Å². The van der Waals surface area contributed by atoms with E-state index >= 15 is 0 Å². The van der Waals surface area contributed by atoms with Crippen LogP contribution in [-0.2, 0) is 0 Å². The Bertz CT molecular complexity index is 597. The Morgan fingerprint density at radius 1 is 1.16 bits per heavy atom. The first-order valence-corrected chi connectivity index (χ1v) is 7.11. The van der Waals surface area contributed by atoms with Crippen LogP contribution in [0.25, 0.3) is 11.0 Å². The zero-order valence-corrected chi connectivity index (χ0v) is 10.9. The van der Waals surface area contributed by atoms with Crippen LogP contribution in [0.4, 0.5) is 5.82 Å². The summed E-state index contributed by atoms with van der Waals surface area (Å²) < 4.78 is 0. The van der Waals surface area contributed by atoms with E-state index in [4.69, 9.17) is 4.98 Å². The summed E-state index contributed by atoms with van der Waals surface area (Å²) in [5, 5.41) is 3.51. The highest BCUT2D eigenvalue weighted by Crippen LogP contribution is 2.30. The van der Waals surface area contributed by atoms with E-state index in [1.165, 1.54) is 12.8 Å². The monoisotopic (exact) mass is 254 g/mol. The quantitative estimate of drug-likeness (QED) is 0.843. The van der Waals surface area contributed by atoms with Crippen LogP contribution in [0.3, 0.4) is 0 Å². The molecule has 1 aromatic heterocycles. The van der Waals surface area contributed by atoms with Crippen LogP contribution in [0.5, 0.6) is 0 Å². The molecule has 2 atom stereocenters. The Morgan fingerprint density at radius 2 is 2.05 bits per heavy atom. The zero-order valence-electron chi connectivity index (χ0n) is 10.9. The Hall–Kier alpha value is -1.68. The summed E-state index contributed by atoms with van der Waals surface area (Å²) in [6.45, 7) is 3.34. The largest absolute Gasteiger partial charge is 0.351 e. The van der Waals surface area contributed by atoms with Gasteiger partial charge in [-0.15, -0.1) is 0 Å². The van der Waals surface area contributed by atoms with E-state index < -0.39 is 0 Å². The normalized spacial score (nSPS) is 26.6. The van der Waals surface area contributed by atoms with Crippen LogP contribution in [-0.4, -0.2) is 35.6 Å². The van der Waals surface area contributed by atoms with Crippen molar-refractivity contribution in [1.29, 1.82) is 0 Å². The van der Waals surface area contributed by atoms with Crippen molar-refractivity contribution in [2.24, 2.45) is 5.92 Å². The van der Waals surface area contributed by atoms with Gasteiger partial charge in [-0.1, -0.05) is 12.1 Å². The average Bonchev–Trinajstić information content (AvgIpc) is 2.95. The third kappa shape index (κ3) is 1.87. The molecule has 19 heavy (non-hydrogen) atoms. The molecular weight excluding hydrogens is 236 g/mol. The Kier molecular flexibility index (Phi) is 2.62. The van der Waals surface area contributed by atoms with Gasteiger partial charge in [-0.3, -0.25) is 4.98 Å². The molecule has 0 bridgehead atoms. The van der Waals surface area contributed by atoms with Crippen LogP contribution in [0.1, 0.15) is 12.8 Å². The van der Waals surface area contributed by atoms with Crippen molar-refractivity contribution >= 4 is 16.9 Å². The molecule has 2 saturated heterocycles. The molecule has 2 unspecified atom stereocenters. The number of nitrogens with one attached hydrogen (secondary N) is 1. The summed E-state index contributed by atoms with van der Waals surface area (Å²) in [4.78, 5) is 11.8. The number of benzene rings is 1. The van der Waals surface area contributed by atoms with Gasteiger partial charge in [0.2, 0.25) is 0 Å². The number of hydrogen-bond donors (Lipinski definition) is 1. The first-order valence-electron chi connectivity index (χ1n) is 7.11. The fourth-order valence-corrected chi connectivity index (χ4v) is 3.44. The van der Waals surface area contributed by atoms with Crippen molar-refractivity contribution in [1.82, 2.24) is 15.3 Å². The van der Waals surface area contributed by atoms with Crippen molar-refractivity contribution in [3.63, 3.8) is 0 Å². The number of aromatic nitrogens is 2. The van der Waals surface area contributed by atoms with E-state index in [0.29, 0.717) is 6.04 Å². The lowest BCUT2D eigenvalue weighted by atomic mass is 9.92. The lowest BCUT2D eigenvalue weighted by molar-refractivity contribution is 0.383. The van der Waals surface area contributed by atoms with Crippen LogP contribution in [0.15, 0.2) is 30.5 Å². The lowest BCUT2D eigenvalue weighted by Gasteiger charge is -2.37. The fourth-order valence-electron chi connectivity index (χ4n) is 3.44. The number of nitrogens with zero attached hydrogens (tertiary/aromatic N) is 3. The minimum Gasteiger partial charge on any atom is -0.351 e. The molecule has 4 heteroatoms. The van der Waals surface area contributed by atoms with Gasteiger partial charge in [0.05, 0.1) is 17.2 Å². The Balaban J connectivity index is 1.72. The van der Waals surface area contributed by atoms with E-state index in [1.807, 2.05) is 30.5 Å². The van der Waals surface area contributed by atoms with Crippen LogP contribution in [0, 0.1) is 5.92 Å². The maximum atomic E-state index is 4.79. The van der Waals surface area contributed by atoms with E-state index in [0.717, 1.165) is 42.4 Å². The number of anilines is 1. The molecule has 2 fully saturated rings. The Morgan fingerprint density at radius 3 is 3.00 bits per heavy atom. The van der Waals surface area contributed by atoms with Crippen LogP contribution < -0.4 is 10.2 Å². The maximum absolute atomic E-state index is 4.79. The van der Waals surface area contributed by atoms with Crippen molar-refractivity contribution < 1.29 is 0 Å². The van der Waals surface area contributed by atoms with Gasteiger partial charge in [-0.2, -0.15) is 0 Å². The van der Waals surface area contributed by atoms with Gasteiger partial charge in [-0.25, -0.2) is 4.98 Å². The third-order valence-electron chi connectivity index (χ3n) is 4.41. The molecule has 0 amide bonds. The fraction of sp³-hybridized carbons (Fsp3) is 0.467. The molecule has 2 aliphatic rings. The summed E-state index contributed by atoms with van der Waals surface area (Å²) in [5.41, 5.74) is 1.97. The topological polar surface area (TPSA) is 41.1 Å². The highest BCUT2D eigenvalue weighted by molar-refractivity contribution is 5.75. The second-order valence-electron chi connectivity index (χ2n) is 5.54. The molecule has 2 aliphatic heterocycles. The maximum Gasteiger partial charge on any atom is 0.148 e. The summed E-state index contributed by atoms with van der Waals surface area (Å²) in [5.74, 6) is 1.82. The van der Waals surface area contributed by atoms with Crippen molar-refractivity contribution in [3.05, 3.63) is 30.5 Å². The average molecular weight is 254 g/mol. The lowest BCUT2D eigenvalue weighted by Crippen LogP contribution is -2.45. The summed E-state index contributed by atoms with van der Waals surface area (Å²) in [7, 11) is 0. The van der Waals surface area contributed by atoms with Gasteiger partial charge in [0.25, 0.3) is 0 Å². The standard InChI is InChI=1S/C15H18N4/c1-2-6-13-12(5-1)17-10-15(18-13)19-7-3-4-11-8-16-9-14(11)19/h1-2,5-6,10-11,14,16H,3-4,7-9H2. The molecule has 4 nitrogen and oxygen atoms in total. The molecule has 98 valence electrons. The molecule has 0 saturated carbocycles. The van der Waals surface area contributed by atoms with Gasteiger partial charge in [0.1, 0.15) is 5.82 Å². The van der Waals surface area contributed by atoms with Gasteiger partial charge in [0.15, 0.2) is 0 Å². The minimum absolute atomic E-state index is 0.601. The SMILES string of the molecule is c1ccc2nc(N3CCCC4CNCC43)cnc2c1. The second kappa shape index (κ2) is 4.46. The molecule has 4 rings (SSSR count). The molecule has 2 aromatic rings. The van der Waals surface area contributed by atoms with Gasteiger partial charge >= 0.3 is 0 Å². The van der Waals surface area contributed by atoms with Crippen molar-refractivity contribution in [2.45, 2.75) is 18.9 Å². The van der Waals surface area contributed by atoms with Gasteiger partial charge in [0, 0.05) is 25.7 Å².